The molecule has 23 heavy (non-hydrogen) atoms. The highest BCUT2D eigenvalue weighted by molar-refractivity contribution is 5.89. The van der Waals surface area contributed by atoms with E-state index in [-0.39, 0.29) is 19.2 Å². The van der Waals surface area contributed by atoms with Crippen molar-refractivity contribution in [2.24, 2.45) is 0 Å². The summed E-state index contributed by atoms with van der Waals surface area (Å²) >= 11 is 0. The summed E-state index contributed by atoms with van der Waals surface area (Å²) in [6.45, 7) is 6.28. The van der Waals surface area contributed by atoms with Crippen LogP contribution in [0.25, 0.3) is 6.08 Å². The molecule has 0 unspecified atom stereocenters. The summed E-state index contributed by atoms with van der Waals surface area (Å²) in [6.07, 6.45) is 1.71. The van der Waals surface area contributed by atoms with E-state index >= 15 is 0 Å². The molecule has 6 nitrogen and oxygen atoms in total. The smallest absolute Gasteiger partial charge is 0.338 e. The van der Waals surface area contributed by atoms with E-state index in [9.17, 15) is 4.79 Å². The fraction of sp³-hybridized carbons (Fsp3) is 0.471. The lowest BCUT2D eigenvalue weighted by molar-refractivity contribution is -0.00313. The van der Waals surface area contributed by atoms with Crippen LogP contribution in [0.5, 0.6) is 0 Å². The van der Waals surface area contributed by atoms with Crippen molar-refractivity contribution in [1.82, 2.24) is 0 Å². The summed E-state index contributed by atoms with van der Waals surface area (Å²) < 4.78 is 20.7. The fourth-order valence-electron chi connectivity index (χ4n) is 1.64. The molecular formula is C17H24O6. The van der Waals surface area contributed by atoms with Gasteiger partial charge in [-0.3, -0.25) is 0 Å². The van der Waals surface area contributed by atoms with Crippen LogP contribution in [-0.4, -0.2) is 63.9 Å². The largest absolute Gasteiger partial charge is 0.460 e. The van der Waals surface area contributed by atoms with E-state index in [0.29, 0.717) is 45.2 Å². The number of carbonyl (C=O) groups is 1. The lowest BCUT2D eigenvalue weighted by atomic mass is 10.1. The van der Waals surface area contributed by atoms with Crippen molar-refractivity contribution in [1.29, 1.82) is 0 Å². The Labute approximate surface area is 136 Å². The van der Waals surface area contributed by atoms with Crippen molar-refractivity contribution in [3.8, 4) is 0 Å². The molecule has 0 saturated heterocycles. The van der Waals surface area contributed by atoms with Gasteiger partial charge in [-0.25, -0.2) is 4.79 Å². The van der Waals surface area contributed by atoms with Gasteiger partial charge in [-0.15, -0.1) is 0 Å². The molecule has 0 saturated carbocycles. The molecule has 1 aromatic carbocycles. The number of aliphatic hydroxyl groups is 1. The fourth-order valence-corrected chi connectivity index (χ4v) is 1.64. The highest BCUT2D eigenvalue weighted by Gasteiger charge is 2.06. The standard InChI is InChI=1S/C17H24O6/c1-2-15-3-5-16(6-4-15)17(19)23-14-13-22-12-11-21-10-9-20-8-7-18/h2-6,18H,1,7-14H2. The van der Waals surface area contributed by atoms with Gasteiger partial charge in [0.2, 0.25) is 0 Å². The lowest BCUT2D eigenvalue weighted by Crippen LogP contribution is -2.14. The molecule has 0 bridgehead atoms. The third-order valence-electron chi connectivity index (χ3n) is 2.82. The third-order valence-corrected chi connectivity index (χ3v) is 2.82. The van der Waals surface area contributed by atoms with Crippen molar-refractivity contribution in [2.75, 3.05) is 52.9 Å². The number of hydrogen-bond donors (Lipinski definition) is 1. The lowest BCUT2D eigenvalue weighted by Gasteiger charge is -2.07. The summed E-state index contributed by atoms with van der Waals surface area (Å²) in [5.41, 5.74) is 1.45. The maximum absolute atomic E-state index is 11.7. The Bertz CT molecular complexity index is 443. The zero-order valence-corrected chi connectivity index (χ0v) is 13.2. The van der Waals surface area contributed by atoms with Crippen LogP contribution in [0.3, 0.4) is 0 Å². The average Bonchev–Trinajstić information content (AvgIpc) is 2.59. The van der Waals surface area contributed by atoms with Gasteiger partial charge in [0.15, 0.2) is 0 Å². The molecule has 0 heterocycles. The summed E-state index contributed by atoms with van der Waals surface area (Å²) in [5, 5.41) is 8.50. The minimum atomic E-state index is -0.374. The van der Waals surface area contributed by atoms with E-state index in [1.165, 1.54) is 0 Å². The maximum atomic E-state index is 11.7. The molecule has 0 aliphatic carbocycles. The molecule has 0 aliphatic rings. The van der Waals surface area contributed by atoms with Crippen molar-refractivity contribution in [3.63, 3.8) is 0 Å². The van der Waals surface area contributed by atoms with E-state index in [1.807, 2.05) is 12.1 Å². The molecule has 0 aromatic heterocycles. The Balaban J connectivity index is 1.97. The van der Waals surface area contributed by atoms with Gasteiger partial charge in [0.25, 0.3) is 0 Å². The highest BCUT2D eigenvalue weighted by atomic mass is 16.6. The first kappa shape index (κ1) is 19.3. The Morgan fingerprint density at radius 3 is 1.96 bits per heavy atom. The van der Waals surface area contributed by atoms with Crippen LogP contribution < -0.4 is 0 Å². The number of carbonyl (C=O) groups excluding carboxylic acids is 1. The van der Waals surface area contributed by atoms with Crippen molar-refractivity contribution in [3.05, 3.63) is 42.0 Å². The Hall–Kier alpha value is -1.73. The van der Waals surface area contributed by atoms with Crippen molar-refractivity contribution < 1.29 is 28.8 Å². The summed E-state index contributed by atoms with van der Waals surface area (Å²) in [5.74, 6) is -0.374. The van der Waals surface area contributed by atoms with Gasteiger partial charge in [0.1, 0.15) is 6.61 Å². The van der Waals surface area contributed by atoms with E-state index in [1.54, 1.807) is 18.2 Å². The maximum Gasteiger partial charge on any atom is 0.338 e. The van der Waals surface area contributed by atoms with Crippen LogP contribution >= 0.6 is 0 Å². The van der Waals surface area contributed by atoms with Crippen LogP contribution in [0.2, 0.25) is 0 Å². The van der Waals surface area contributed by atoms with Gasteiger partial charge < -0.3 is 24.1 Å². The predicted octanol–water partition coefficient (Wildman–Crippen LogP) is 1.53. The van der Waals surface area contributed by atoms with Gasteiger partial charge in [-0.05, 0) is 17.7 Å². The monoisotopic (exact) mass is 324 g/mol. The molecule has 1 rings (SSSR count). The predicted molar refractivity (Wildman–Crippen MR) is 86.4 cm³/mol. The first-order valence-electron chi connectivity index (χ1n) is 7.51. The van der Waals surface area contributed by atoms with Crippen molar-refractivity contribution >= 4 is 12.0 Å². The molecular weight excluding hydrogens is 300 g/mol. The number of hydrogen-bond acceptors (Lipinski definition) is 6. The molecule has 0 aliphatic heterocycles. The number of aliphatic hydroxyl groups excluding tert-OH is 1. The number of ether oxygens (including phenoxy) is 4. The minimum absolute atomic E-state index is 0.0141. The minimum Gasteiger partial charge on any atom is -0.460 e. The van der Waals surface area contributed by atoms with Crippen molar-refractivity contribution in [2.45, 2.75) is 0 Å². The zero-order chi connectivity index (χ0) is 16.8. The molecule has 6 heteroatoms. The van der Waals surface area contributed by atoms with Gasteiger partial charge in [0.05, 0.1) is 51.8 Å². The number of benzene rings is 1. The normalized spacial score (nSPS) is 10.5. The highest BCUT2D eigenvalue weighted by Crippen LogP contribution is 2.06. The molecule has 0 spiro atoms. The number of esters is 1. The van der Waals surface area contributed by atoms with Gasteiger partial charge in [0, 0.05) is 0 Å². The van der Waals surface area contributed by atoms with Crippen LogP contribution in [0.4, 0.5) is 0 Å². The van der Waals surface area contributed by atoms with E-state index in [4.69, 9.17) is 24.1 Å². The summed E-state index contributed by atoms with van der Waals surface area (Å²) in [7, 11) is 0. The molecule has 0 fully saturated rings. The SMILES string of the molecule is C=Cc1ccc(C(=O)OCCOCCOCCOCCO)cc1. The van der Waals surface area contributed by atoms with Gasteiger partial charge >= 0.3 is 5.97 Å². The second-order valence-electron chi connectivity index (χ2n) is 4.52. The summed E-state index contributed by atoms with van der Waals surface area (Å²) in [6, 6.07) is 7.02. The molecule has 0 amide bonds. The number of rotatable bonds is 13. The molecule has 128 valence electrons. The second-order valence-corrected chi connectivity index (χ2v) is 4.52. The zero-order valence-electron chi connectivity index (χ0n) is 13.2. The molecule has 0 radical (unpaired) electrons. The van der Waals surface area contributed by atoms with E-state index < -0.39 is 0 Å². The topological polar surface area (TPSA) is 74.2 Å². The second kappa shape index (κ2) is 12.8. The quantitative estimate of drug-likeness (QED) is 0.438. The van der Waals surface area contributed by atoms with Crippen LogP contribution in [-0.2, 0) is 18.9 Å². The molecule has 0 atom stereocenters. The Morgan fingerprint density at radius 1 is 0.913 bits per heavy atom. The average molecular weight is 324 g/mol. The van der Waals surface area contributed by atoms with Crippen LogP contribution in [0.15, 0.2) is 30.8 Å². The van der Waals surface area contributed by atoms with Crippen LogP contribution in [0.1, 0.15) is 15.9 Å². The first-order valence-corrected chi connectivity index (χ1v) is 7.51. The van der Waals surface area contributed by atoms with E-state index in [0.717, 1.165) is 5.56 Å². The summed E-state index contributed by atoms with van der Waals surface area (Å²) in [4.78, 5) is 11.7. The van der Waals surface area contributed by atoms with Crippen LogP contribution in [0, 0.1) is 0 Å². The van der Waals surface area contributed by atoms with Gasteiger partial charge in [-0.1, -0.05) is 24.8 Å². The van der Waals surface area contributed by atoms with Gasteiger partial charge in [-0.2, -0.15) is 0 Å². The third kappa shape index (κ3) is 9.10. The Morgan fingerprint density at radius 2 is 1.43 bits per heavy atom. The molecule has 1 N–H and O–H groups in total. The first-order chi connectivity index (χ1) is 11.3. The molecule has 1 aromatic rings. The van der Waals surface area contributed by atoms with E-state index in [2.05, 4.69) is 6.58 Å². The Kier molecular flexibility index (Phi) is 10.7.